The Balaban J connectivity index is 1.88. The highest BCUT2D eigenvalue weighted by atomic mass is 16.3. The topological polar surface area (TPSA) is 38.1 Å². The van der Waals surface area contributed by atoms with Gasteiger partial charge in [0.05, 0.1) is 11.6 Å². The van der Waals surface area contributed by atoms with Gasteiger partial charge in [-0.1, -0.05) is 29.8 Å². The number of hydrogen-bond acceptors (Lipinski definition) is 3. The number of furan rings is 1. The van der Waals surface area contributed by atoms with E-state index in [-0.39, 0.29) is 6.04 Å². The monoisotopic (exact) mass is 252 g/mol. The molecule has 0 bridgehead atoms. The Kier molecular flexibility index (Phi) is 2.95. The number of aryl methyl sites for hydroxylation is 1. The Hall–Kier alpha value is -2.29. The largest absolute Gasteiger partial charge is 0.464 e. The second-order valence-corrected chi connectivity index (χ2v) is 4.77. The highest BCUT2D eigenvalue weighted by molar-refractivity contribution is 5.87. The van der Waals surface area contributed by atoms with Crippen molar-refractivity contribution in [3.63, 3.8) is 0 Å². The average molecular weight is 252 g/mol. The molecule has 96 valence electrons. The smallest absolute Gasteiger partial charge is 0.139 e. The number of hydrogen-bond donors (Lipinski definition) is 1. The van der Waals surface area contributed by atoms with E-state index in [0.717, 1.165) is 16.8 Å². The van der Waals surface area contributed by atoms with Crippen molar-refractivity contribution < 1.29 is 4.42 Å². The van der Waals surface area contributed by atoms with Crippen molar-refractivity contribution in [1.82, 2.24) is 4.98 Å². The maximum Gasteiger partial charge on any atom is 0.139 e. The number of anilines is 1. The van der Waals surface area contributed by atoms with Crippen LogP contribution >= 0.6 is 0 Å². The number of fused-ring (bicyclic) bond motifs is 1. The Bertz CT molecular complexity index is 685. The van der Waals surface area contributed by atoms with E-state index in [1.807, 2.05) is 12.1 Å². The van der Waals surface area contributed by atoms with Crippen LogP contribution in [0.5, 0.6) is 0 Å². The zero-order chi connectivity index (χ0) is 13.2. The molecular weight excluding hydrogens is 236 g/mol. The van der Waals surface area contributed by atoms with Crippen LogP contribution in [0.3, 0.4) is 0 Å². The third-order valence-corrected chi connectivity index (χ3v) is 3.31. The molecule has 1 N–H and O–H groups in total. The molecule has 19 heavy (non-hydrogen) atoms. The summed E-state index contributed by atoms with van der Waals surface area (Å²) in [4.78, 5) is 4.39. The standard InChI is InChI=1S/C16H16N2O/c1-11-3-5-13(6-4-11)12(2)18-16-14-8-10-19-15(14)7-9-17-16/h3-10,12H,1-2H3,(H,17,18). The fraction of sp³-hybridized carbons (Fsp3) is 0.188. The van der Waals surface area contributed by atoms with Gasteiger partial charge in [0.1, 0.15) is 11.4 Å². The summed E-state index contributed by atoms with van der Waals surface area (Å²) in [6.45, 7) is 4.22. The van der Waals surface area contributed by atoms with Gasteiger partial charge >= 0.3 is 0 Å². The molecule has 0 aliphatic carbocycles. The molecule has 3 heteroatoms. The molecule has 3 nitrogen and oxygen atoms in total. The predicted molar refractivity (Wildman–Crippen MR) is 77.2 cm³/mol. The van der Waals surface area contributed by atoms with Gasteiger partial charge in [-0.15, -0.1) is 0 Å². The molecule has 0 spiro atoms. The first-order chi connectivity index (χ1) is 9.24. The normalized spacial score (nSPS) is 12.5. The second kappa shape index (κ2) is 4.76. The van der Waals surface area contributed by atoms with Crippen LogP contribution in [0.4, 0.5) is 5.82 Å². The van der Waals surface area contributed by atoms with Gasteiger partial charge in [-0.25, -0.2) is 4.98 Å². The average Bonchev–Trinajstić information content (AvgIpc) is 2.89. The molecule has 0 aliphatic heterocycles. The summed E-state index contributed by atoms with van der Waals surface area (Å²) in [7, 11) is 0. The van der Waals surface area contributed by atoms with Crippen molar-refractivity contribution in [1.29, 1.82) is 0 Å². The van der Waals surface area contributed by atoms with Gasteiger partial charge in [-0.05, 0) is 31.5 Å². The molecule has 0 radical (unpaired) electrons. The van der Waals surface area contributed by atoms with E-state index in [0.29, 0.717) is 0 Å². The van der Waals surface area contributed by atoms with E-state index in [4.69, 9.17) is 4.42 Å². The van der Waals surface area contributed by atoms with E-state index in [1.54, 1.807) is 12.5 Å². The van der Waals surface area contributed by atoms with Gasteiger partial charge in [0.15, 0.2) is 0 Å². The maximum absolute atomic E-state index is 5.38. The van der Waals surface area contributed by atoms with Crippen LogP contribution in [0.1, 0.15) is 24.1 Å². The summed E-state index contributed by atoms with van der Waals surface area (Å²) < 4.78 is 5.38. The van der Waals surface area contributed by atoms with Gasteiger partial charge in [0.25, 0.3) is 0 Å². The number of rotatable bonds is 3. The van der Waals surface area contributed by atoms with Crippen molar-refractivity contribution in [3.8, 4) is 0 Å². The van der Waals surface area contributed by atoms with Crippen LogP contribution in [0.2, 0.25) is 0 Å². The van der Waals surface area contributed by atoms with Crippen LogP contribution in [0.15, 0.2) is 53.3 Å². The summed E-state index contributed by atoms with van der Waals surface area (Å²) in [5, 5.41) is 4.45. The molecule has 0 amide bonds. The third-order valence-electron chi connectivity index (χ3n) is 3.31. The molecule has 0 fully saturated rings. The molecular formula is C16H16N2O. The molecule has 2 aromatic heterocycles. The SMILES string of the molecule is Cc1ccc(C(C)Nc2nccc3occc23)cc1. The van der Waals surface area contributed by atoms with E-state index in [1.165, 1.54) is 11.1 Å². The molecule has 0 saturated heterocycles. The molecule has 2 heterocycles. The van der Waals surface area contributed by atoms with Crippen molar-refractivity contribution in [2.24, 2.45) is 0 Å². The number of nitrogens with zero attached hydrogens (tertiary/aromatic N) is 1. The van der Waals surface area contributed by atoms with Gasteiger partial charge < -0.3 is 9.73 Å². The number of benzene rings is 1. The highest BCUT2D eigenvalue weighted by Crippen LogP contribution is 2.25. The predicted octanol–water partition coefficient (Wildman–Crippen LogP) is 4.31. The summed E-state index contributed by atoms with van der Waals surface area (Å²) >= 11 is 0. The van der Waals surface area contributed by atoms with E-state index in [9.17, 15) is 0 Å². The van der Waals surface area contributed by atoms with E-state index >= 15 is 0 Å². The van der Waals surface area contributed by atoms with Crippen LogP contribution < -0.4 is 5.32 Å². The van der Waals surface area contributed by atoms with Crippen LogP contribution in [-0.2, 0) is 0 Å². The minimum Gasteiger partial charge on any atom is -0.464 e. The van der Waals surface area contributed by atoms with Gasteiger partial charge in [-0.3, -0.25) is 0 Å². The number of pyridine rings is 1. The minimum absolute atomic E-state index is 0.202. The molecule has 3 aromatic rings. The second-order valence-electron chi connectivity index (χ2n) is 4.77. The first-order valence-electron chi connectivity index (χ1n) is 6.39. The summed E-state index contributed by atoms with van der Waals surface area (Å²) in [5.41, 5.74) is 3.37. The van der Waals surface area contributed by atoms with Crippen molar-refractivity contribution in [3.05, 3.63) is 60.0 Å². The quantitative estimate of drug-likeness (QED) is 0.754. The first kappa shape index (κ1) is 11.8. The lowest BCUT2D eigenvalue weighted by atomic mass is 10.1. The first-order valence-corrected chi connectivity index (χ1v) is 6.39. The van der Waals surface area contributed by atoms with Crippen molar-refractivity contribution in [2.45, 2.75) is 19.9 Å². The van der Waals surface area contributed by atoms with Gasteiger partial charge in [0.2, 0.25) is 0 Å². The van der Waals surface area contributed by atoms with Crippen LogP contribution in [0, 0.1) is 6.92 Å². The third kappa shape index (κ3) is 2.32. The molecule has 1 unspecified atom stereocenters. The molecule has 1 aromatic carbocycles. The Morgan fingerprint density at radius 2 is 1.89 bits per heavy atom. The van der Waals surface area contributed by atoms with Crippen LogP contribution in [0.25, 0.3) is 11.0 Å². The molecule has 0 saturated carbocycles. The Morgan fingerprint density at radius 1 is 1.11 bits per heavy atom. The van der Waals surface area contributed by atoms with E-state index < -0.39 is 0 Å². The van der Waals surface area contributed by atoms with Crippen molar-refractivity contribution in [2.75, 3.05) is 5.32 Å². The fourth-order valence-corrected chi connectivity index (χ4v) is 2.15. The van der Waals surface area contributed by atoms with Crippen LogP contribution in [-0.4, -0.2) is 4.98 Å². The molecule has 3 rings (SSSR count). The van der Waals surface area contributed by atoms with E-state index in [2.05, 4.69) is 48.4 Å². The van der Waals surface area contributed by atoms with Gasteiger partial charge in [0, 0.05) is 12.2 Å². The highest BCUT2D eigenvalue weighted by Gasteiger charge is 2.09. The number of nitrogens with one attached hydrogen (secondary N) is 1. The lowest BCUT2D eigenvalue weighted by Gasteiger charge is -2.15. The summed E-state index contributed by atoms with van der Waals surface area (Å²) in [5.74, 6) is 0.860. The zero-order valence-corrected chi connectivity index (χ0v) is 11.1. The lowest BCUT2D eigenvalue weighted by molar-refractivity contribution is 0.615. The summed E-state index contributed by atoms with van der Waals surface area (Å²) in [6.07, 6.45) is 3.45. The Morgan fingerprint density at radius 3 is 2.68 bits per heavy atom. The maximum atomic E-state index is 5.38. The van der Waals surface area contributed by atoms with Crippen molar-refractivity contribution >= 4 is 16.8 Å². The zero-order valence-electron chi connectivity index (χ0n) is 11.1. The lowest BCUT2D eigenvalue weighted by Crippen LogP contribution is -2.07. The number of aromatic nitrogens is 1. The Labute approximate surface area is 112 Å². The van der Waals surface area contributed by atoms with Gasteiger partial charge in [-0.2, -0.15) is 0 Å². The molecule has 1 atom stereocenters. The minimum atomic E-state index is 0.202. The fourth-order valence-electron chi connectivity index (χ4n) is 2.15. The summed E-state index contributed by atoms with van der Waals surface area (Å²) in [6, 6.07) is 12.5. The molecule has 0 aliphatic rings.